The topological polar surface area (TPSA) is 3.24 Å². The summed E-state index contributed by atoms with van der Waals surface area (Å²) in [5.74, 6) is 3.53. The molecule has 0 spiro atoms. The van der Waals surface area contributed by atoms with Crippen LogP contribution in [0.15, 0.2) is 0 Å². The Morgan fingerprint density at radius 3 is 2.85 bits per heavy atom. The quantitative estimate of drug-likeness (QED) is 0.602. The molecule has 1 heterocycles. The third kappa shape index (κ3) is 2.25. The van der Waals surface area contributed by atoms with Gasteiger partial charge in [0.15, 0.2) is 0 Å². The Balaban J connectivity index is 2.50. The van der Waals surface area contributed by atoms with Crippen molar-refractivity contribution in [1.82, 2.24) is 4.90 Å². The molecular weight excluding hydrogens is 158 g/mol. The van der Waals surface area contributed by atoms with Gasteiger partial charge in [0, 0.05) is 18.5 Å². The third-order valence-electron chi connectivity index (χ3n) is 3.50. The number of nitrogens with zero attached hydrogens (tertiary/aromatic N) is 1. The van der Waals surface area contributed by atoms with Crippen LogP contribution in [-0.2, 0) is 0 Å². The zero-order valence-corrected chi connectivity index (χ0v) is 9.09. The van der Waals surface area contributed by atoms with Gasteiger partial charge in [0.05, 0.1) is 0 Å². The van der Waals surface area contributed by atoms with Crippen LogP contribution in [0.2, 0.25) is 0 Å². The number of rotatable bonds is 3. The molecule has 3 unspecified atom stereocenters. The molecule has 0 bridgehead atoms. The Morgan fingerprint density at radius 2 is 2.31 bits per heavy atom. The van der Waals surface area contributed by atoms with Crippen LogP contribution in [0, 0.1) is 18.3 Å². The summed E-state index contributed by atoms with van der Waals surface area (Å²) >= 11 is 0. The van der Waals surface area contributed by atoms with E-state index < -0.39 is 0 Å². The highest BCUT2D eigenvalue weighted by molar-refractivity contribution is 4.95. The van der Waals surface area contributed by atoms with Gasteiger partial charge in [-0.15, -0.1) is 12.3 Å². The predicted octanol–water partition coefficient (Wildman–Crippen LogP) is 2.52. The molecule has 0 saturated carbocycles. The number of likely N-dealkylation sites (tertiary alicyclic amines) is 1. The summed E-state index contributed by atoms with van der Waals surface area (Å²) in [5.41, 5.74) is 0. The SMILES string of the molecule is C#CCC1CCN(C(C)CC)C1C. The lowest BCUT2D eigenvalue weighted by molar-refractivity contribution is 0.180. The first kappa shape index (κ1) is 10.6. The minimum atomic E-state index is 0.686. The highest BCUT2D eigenvalue weighted by atomic mass is 15.2. The average Bonchev–Trinajstić information content (AvgIpc) is 2.48. The van der Waals surface area contributed by atoms with Gasteiger partial charge in [-0.05, 0) is 39.2 Å². The standard InChI is InChI=1S/C12H21N/c1-5-7-12-8-9-13(11(12)4)10(3)6-2/h1,10-12H,6-9H2,2-4H3. The van der Waals surface area contributed by atoms with Gasteiger partial charge in [-0.1, -0.05) is 6.92 Å². The van der Waals surface area contributed by atoms with Crippen LogP contribution in [0.4, 0.5) is 0 Å². The maximum atomic E-state index is 5.36. The molecule has 1 aliphatic rings. The number of hydrogen-bond acceptors (Lipinski definition) is 1. The third-order valence-corrected chi connectivity index (χ3v) is 3.50. The van der Waals surface area contributed by atoms with Crippen molar-refractivity contribution in [2.24, 2.45) is 5.92 Å². The summed E-state index contributed by atoms with van der Waals surface area (Å²) in [5, 5.41) is 0. The van der Waals surface area contributed by atoms with E-state index in [2.05, 4.69) is 31.6 Å². The Morgan fingerprint density at radius 1 is 1.62 bits per heavy atom. The predicted molar refractivity (Wildman–Crippen MR) is 57.5 cm³/mol. The molecule has 0 aromatic carbocycles. The lowest BCUT2D eigenvalue weighted by atomic mass is 9.98. The van der Waals surface area contributed by atoms with Crippen molar-refractivity contribution >= 4 is 0 Å². The van der Waals surface area contributed by atoms with Crippen LogP contribution >= 0.6 is 0 Å². The molecule has 13 heavy (non-hydrogen) atoms. The molecule has 0 amide bonds. The molecule has 1 aliphatic heterocycles. The van der Waals surface area contributed by atoms with E-state index in [0.29, 0.717) is 6.04 Å². The Labute approximate surface area is 82.5 Å². The first-order valence-corrected chi connectivity index (χ1v) is 5.39. The maximum Gasteiger partial charge on any atom is 0.0130 e. The normalized spacial score (nSPS) is 31.5. The van der Waals surface area contributed by atoms with E-state index >= 15 is 0 Å². The molecule has 3 atom stereocenters. The molecule has 74 valence electrons. The van der Waals surface area contributed by atoms with Crippen molar-refractivity contribution in [3.8, 4) is 12.3 Å². The lowest BCUT2D eigenvalue weighted by Gasteiger charge is -2.29. The van der Waals surface area contributed by atoms with Crippen LogP contribution in [0.25, 0.3) is 0 Å². The first-order valence-electron chi connectivity index (χ1n) is 5.39. The van der Waals surface area contributed by atoms with Gasteiger partial charge in [-0.3, -0.25) is 4.90 Å². The minimum absolute atomic E-state index is 0.686. The van der Waals surface area contributed by atoms with Gasteiger partial charge < -0.3 is 0 Å². The molecule has 1 rings (SSSR count). The summed E-state index contributed by atoms with van der Waals surface area (Å²) in [4.78, 5) is 2.60. The van der Waals surface area contributed by atoms with E-state index in [1.165, 1.54) is 19.4 Å². The summed E-state index contributed by atoms with van der Waals surface area (Å²) in [7, 11) is 0. The van der Waals surface area contributed by atoms with Crippen LogP contribution in [0.3, 0.4) is 0 Å². The molecule has 0 radical (unpaired) electrons. The van der Waals surface area contributed by atoms with E-state index in [4.69, 9.17) is 6.42 Å². The van der Waals surface area contributed by atoms with Gasteiger partial charge in [-0.2, -0.15) is 0 Å². The van der Waals surface area contributed by atoms with Crippen molar-refractivity contribution in [3.63, 3.8) is 0 Å². The zero-order valence-electron chi connectivity index (χ0n) is 9.09. The number of hydrogen-bond donors (Lipinski definition) is 0. The second-order valence-electron chi connectivity index (χ2n) is 4.19. The van der Waals surface area contributed by atoms with Crippen molar-refractivity contribution in [3.05, 3.63) is 0 Å². The highest BCUT2D eigenvalue weighted by Crippen LogP contribution is 2.28. The lowest BCUT2D eigenvalue weighted by Crippen LogP contribution is -2.37. The van der Waals surface area contributed by atoms with E-state index in [1.54, 1.807) is 0 Å². The van der Waals surface area contributed by atoms with Gasteiger partial charge in [-0.25, -0.2) is 0 Å². The number of terminal acetylenes is 1. The fourth-order valence-corrected chi connectivity index (χ4v) is 2.31. The van der Waals surface area contributed by atoms with Crippen LogP contribution in [0.1, 0.15) is 40.0 Å². The van der Waals surface area contributed by atoms with Crippen molar-refractivity contribution in [2.75, 3.05) is 6.54 Å². The van der Waals surface area contributed by atoms with E-state index in [0.717, 1.165) is 18.4 Å². The maximum absolute atomic E-state index is 5.36. The summed E-state index contributed by atoms with van der Waals surface area (Å²) in [6.07, 6.45) is 8.84. The van der Waals surface area contributed by atoms with Gasteiger partial charge in [0.1, 0.15) is 0 Å². The van der Waals surface area contributed by atoms with Gasteiger partial charge in [0.25, 0.3) is 0 Å². The second kappa shape index (κ2) is 4.67. The molecule has 1 fully saturated rings. The molecule has 0 aliphatic carbocycles. The summed E-state index contributed by atoms with van der Waals surface area (Å²) < 4.78 is 0. The highest BCUT2D eigenvalue weighted by Gasteiger charge is 2.31. The minimum Gasteiger partial charge on any atom is -0.298 e. The summed E-state index contributed by atoms with van der Waals surface area (Å²) in [6.45, 7) is 8.13. The monoisotopic (exact) mass is 179 g/mol. The molecule has 0 aromatic rings. The Kier molecular flexibility index (Phi) is 3.81. The van der Waals surface area contributed by atoms with Crippen molar-refractivity contribution < 1.29 is 0 Å². The molecule has 1 saturated heterocycles. The molecule has 0 aromatic heterocycles. The molecular formula is C12H21N. The van der Waals surface area contributed by atoms with Gasteiger partial charge in [0.2, 0.25) is 0 Å². The molecule has 1 nitrogen and oxygen atoms in total. The molecule has 1 heteroatoms. The zero-order chi connectivity index (χ0) is 9.84. The van der Waals surface area contributed by atoms with E-state index in [-0.39, 0.29) is 0 Å². The fraction of sp³-hybridized carbons (Fsp3) is 0.833. The van der Waals surface area contributed by atoms with Crippen LogP contribution in [-0.4, -0.2) is 23.5 Å². The van der Waals surface area contributed by atoms with Gasteiger partial charge >= 0.3 is 0 Å². The summed E-state index contributed by atoms with van der Waals surface area (Å²) in [6, 6.07) is 1.41. The fourth-order valence-electron chi connectivity index (χ4n) is 2.31. The van der Waals surface area contributed by atoms with Crippen molar-refractivity contribution in [2.45, 2.75) is 52.1 Å². The largest absolute Gasteiger partial charge is 0.298 e. The van der Waals surface area contributed by atoms with Crippen LogP contribution in [0.5, 0.6) is 0 Å². The first-order chi connectivity index (χ1) is 6.20. The molecule has 0 N–H and O–H groups in total. The second-order valence-corrected chi connectivity index (χ2v) is 4.19. The Bertz CT molecular complexity index is 192. The smallest absolute Gasteiger partial charge is 0.0130 e. The Hall–Kier alpha value is -0.480. The average molecular weight is 179 g/mol. The van der Waals surface area contributed by atoms with Crippen LogP contribution < -0.4 is 0 Å². The van der Waals surface area contributed by atoms with Crippen molar-refractivity contribution in [1.29, 1.82) is 0 Å². The van der Waals surface area contributed by atoms with E-state index in [9.17, 15) is 0 Å². The van der Waals surface area contributed by atoms with E-state index in [1.807, 2.05) is 0 Å².